The average molecular weight is 437 g/mol. The molecule has 4 aromatic rings. The molecule has 1 aliphatic heterocycles. The molecule has 3 aromatic carbocycles. The number of benzene rings is 3. The van der Waals surface area contributed by atoms with Gasteiger partial charge in [-0.1, -0.05) is 54.1 Å². The molecule has 2 unspecified atom stereocenters. The second-order valence-corrected chi connectivity index (χ2v) is 10.1. The van der Waals surface area contributed by atoms with Crippen molar-refractivity contribution in [1.29, 1.82) is 0 Å². The number of likely N-dealkylation sites (tertiary alicyclic amines) is 1. The fourth-order valence-electron chi connectivity index (χ4n) is 6.40. The Balaban J connectivity index is 1.41. The number of methoxy groups -OCH3 is 1. The van der Waals surface area contributed by atoms with Crippen molar-refractivity contribution in [3.8, 4) is 5.75 Å². The SMILES string of the molecule is COc1cccc(C23CCN(Cc4ccccc4)CC2Cc2c([nH]c4ccc(C)cc24)C3)c1. The summed E-state index contributed by atoms with van der Waals surface area (Å²) in [6.07, 6.45) is 3.37. The van der Waals surface area contributed by atoms with Gasteiger partial charge >= 0.3 is 0 Å². The van der Waals surface area contributed by atoms with Crippen molar-refractivity contribution in [2.24, 2.45) is 5.92 Å². The first-order chi connectivity index (χ1) is 16.1. The average Bonchev–Trinajstić information content (AvgIpc) is 3.19. The van der Waals surface area contributed by atoms with Crippen LogP contribution in [0.15, 0.2) is 72.8 Å². The Morgan fingerprint density at radius 1 is 1.03 bits per heavy atom. The zero-order valence-electron chi connectivity index (χ0n) is 19.6. The minimum absolute atomic E-state index is 0.144. The molecule has 2 aliphatic rings. The number of hydrogen-bond acceptors (Lipinski definition) is 2. The van der Waals surface area contributed by atoms with Gasteiger partial charge in [-0.25, -0.2) is 0 Å². The first kappa shape index (κ1) is 20.6. The number of nitrogens with zero attached hydrogens (tertiary/aromatic N) is 1. The quantitative estimate of drug-likeness (QED) is 0.422. The summed E-state index contributed by atoms with van der Waals surface area (Å²) in [5.74, 6) is 1.54. The summed E-state index contributed by atoms with van der Waals surface area (Å²) in [7, 11) is 1.77. The number of H-pyrrole nitrogens is 1. The van der Waals surface area contributed by atoms with Gasteiger partial charge < -0.3 is 9.72 Å². The van der Waals surface area contributed by atoms with Crippen molar-refractivity contribution in [3.63, 3.8) is 0 Å². The molecule has 3 heteroatoms. The van der Waals surface area contributed by atoms with Gasteiger partial charge in [0.1, 0.15) is 5.75 Å². The molecule has 0 saturated carbocycles. The van der Waals surface area contributed by atoms with E-state index in [0.717, 1.165) is 38.2 Å². The van der Waals surface area contributed by atoms with Crippen LogP contribution in [0.4, 0.5) is 0 Å². The highest BCUT2D eigenvalue weighted by atomic mass is 16.5. The Morgan fingerprint density at radius 2 is 1.91 bits per heavy atom. The molecule has 33 heavy (non-hydrogen) atoms. The third-order valence-corrected chi connectivity index (χ3v) is 8.12. The largest absolute Gasteiger partial charge is 0.497 e. The highest BCUT2D eigenvalue weighted by Gasteiger charge is 2.48. The van der Waals surface area contributed by atoms with E-state index in [0.29, 0.717) is 5.92 Å². The number of aryl methyl sites for hydroxylation is 1. The first-order valence-corrected chi connectivity index (χ1v) is 12.2. The van der Waals surface area contributed by atoms with Crippen molar-refractivity contribution in [2.75, 3.05) is 20.2 Å². The lowest BCUT2D eigenvalue weighted by atomic mass is 9.58. The molecule has 1 N–H and O–H groups in total. The minimum atomic E-state index is 0.144. The second kappa shape index (κ2) is 8.07. The minimum Gasteiger partial charge on any atom is -0.497 e. The van der Waals surface area contributed by atoms with Crippen LogP contribution in [0.25, 0.3) is 10.9 Å². The normalized spacial score (nSPS) is 22.7. The number of aromatic nitrogens is 1. The Kier molecular flexibility index (Phi) is 5.03. The van der Waals surface area contributed by atoms with Crippen molar-refractivity contribution < 1.29 is 4.74 Å². The Morgan fingerprint density at radius 3 is 2.76 bits per heavy atom. The number of aromatic amines is 1. The second-order valence-electron chi connectivity index (χ2n) is 10.1. The molecule has 2 atom stereocenters. The number of nitrogens with one attached hydrogen (secondary N) is 1. The fraction of sp³-hybridized carbons (Fsp3) is 0.333. The van der Waals surface area contributed by atoms with Crippen LogP contribution in [0.2, 0.25) is 0 Å². The molecule has 6 rings (SSSR count). The molecule has 1 aliphatic carbocycles. The topological polar surface area (TPSA) is 28.3 Å². The van der Waals surface area contributed by atoms with Gasteiger partial charge in [0.15, 0.2) is 0 Å². The molecule has 0 spiro atoms. The maximum absolute atomic E-state index is 5.63. The molecule has 2 heterocycles. The molecular weight excluding hydrogens is 404 g/mol. The maximum Gasteiger partial charge on any atom is 0.119 e. The number of rotatable bonds is 4. The summed E-state index contributed by atoms with van der Waals surface area (Å²) in [6, 6.07) is 26.6. The van der Waals surface area contributed by atoms with E-state index in [-0.39, 0.29) is 5.41 Å². The molecule has 3 nitrogen and oxygen atoms in total. The molecule has 0 radical (unpaired) electrons. The van der Waals surface area contributed by atoms with Gasteiger partial charge in [0.2, 0.25) is 0 Å². The van der Waals surface area contributed by atoms with E-state index in [1.54, 1.807) is 12.7 Å². The summed E-state index contributed by atoms with van der Waals surface area (Å²) in [5.41, 5.74) is 8.58. The van der Waals surface area contributed by atoms with Crippen LogP contribution in [0, 0.1) is 12.8 Å². The zero-order valence-corrected chi connectivity index (χ0v) is 19.6. The van der Waals surface area contributed by atoms with Crippen molar-refractivity contribution in [1.82, 2.24) is 9.88 Å². The van der Waals surface area contributed by atoms with E-state index in [9.17, 15) is 0 Å². The van der Waals surface area contributed by atoms with E-state index in [1.807, 2.05) is 0 Å². The molecule has 1 aromatic heterocycles. The molecule has 0 amide bonds. The Bertz CT molecular complexity index is 1290. The summed E-state index contributed by atoms with van der Waals surface area (Å²) in [5, 5.41) is 1.42. The molecule has 1 fully saturated rings. The van der Waals surface area contributed by atoms with Crippen LogP contribution in [0.3, 0.4) is 0 Å². The number of hydrogen-bond donors (Lipinski definition) is 1. The smallest absolute Gasteiger partial charge is 0.119 e. The molecular formula is C30H32N2O. The van der Waals surface area contributed by atoms with Gasteiger partial charge in [0.25, 0.3) is 0 Å². The molecule has 168 valence electrons. The van der Waals surface area contributed by atoms with E-state index in [1.165, 1.54) is 39.7 Å². The van der Waals surface area contributed by atoms with Gasteiger partial charge in [-0.15, -0.1) is 0 Å². The molecule has 1 saturated heterocycles. The fourth-order valence-corrected chi connectivity index (χ4v) is 6.40. The predicted octanol–water partition coefficient (Wildman–Crippen LogP) is 6.04. The van der Waals surface area contributed by atoms with E-state index >= 15 is 0 Å². The van der Waals surface area contributed by atoms with Gasteiger partial charge in [0, 0.05) is 35.1 Å². The van der Waals surface area contributed by atoms with Gasteiger partial charge in [-0.2, -0.15) is 0 Å². The lowest BCUT2D eigenvalue weighted by Crippen LogP contribution is -2.53. The standard InChI is InChI=1S/C30H32N2O/c1-21-11-12-28-26(15-21)27-17-24-20-32(19-22-7-4-3-5-8-22)14-13-30(24,18-29(27)31-28)23-9-6-10-25(16-23)33-2/h3-12,15-16,24,31H,13-14,17-20H2,1-2H3. The lowest BCUT2D eigenvalue weighted by molar-refractivity contribution is 0.0765. The van der Waals surface area contributed by atoms with E-state index < -0.39 is 0 Å². The highest BCUT2D eigenvalue weighted by Crippen LogP contribution is 2.49. The maximum atomic E-state index is 5.63. The van der Waals surface area contributed by atoms with Crippen LogP contribution in [-0.4, -0.2) is 30.1 Å². The zero-order chi connectivity index (χ0) is 22.4. The lowest BCUT2D eigenvalue weighted by Gasteiger charge is -2.51. The summed E-state index contributed by atoms with van der Waals surface area (Å²) >= 11 is 0. The van der Waals surface area contributed by atoms with Crippen LogP contribution in [-0.2, 0) is 24.8 Å². The van der Waals surface area contributed by atoms with E-state index in [4.69, 9.17) is 4.74 Å². The third kappa shape index (κ3) is 3.55. The van der Waals surface area contributed by atoms with Gasteiger partial charge in [-0.05, 0) is 79.6 Å². The molecule has 0 bridgehead atoms. The van der Waals surface area contributed by atoms with Crippen molar-refractivity contribution in [2.45, 2.75) is 38.1 Å². The van der Waals surface area contributed by atoms with Crippen LogP contribution in [0.5, 0.6) is 5.75 Å². The van der Waals surface area contributed by atoms with Crippen LogP contribution in [0.1, 0.15) is 34.4 Å². The van der Waals surface area contributed by atoms with Crippen LogP contribution < -0.4 is 4.74 Å². The Labute approximate surface area is 196 Å². The third-order valence-electron chi connectivity index (χ3n) is 8.12. The van der Waals surface area contributed by atoms with Crippen molar-refractivity contribution >= 4 is 10.9 Å². The summed E-state index contributed by atoms with van der Waals surface area (Å²) in [4.78, 5) is 6.48. The first-order valence-electron chi connectivity index (χ1n) is 12.2. The summed E-state index contributed by atoms with van der Waals surface area (Å²) < 4.78 is 5.63. The monoisotopic (exact) mass is 436 g/mol. The van der Waals surface area contributed by atoms with Crippen LogP contribution >= 0.6 is 0 Å². The Hall–Kier alpha value is -3.04. The number of ether oxygens (including phenoxy) is 1. The van der Waals surface area contributed by atoms with Gasteiger partial charge in [-0.3, -0.25) is 4.90 Å². The summed E-state index contributed by atoms with van der Waals surface area (Å²) in [6.45, 7) is 5.48. The predicted molar refractivity (Wildman–Crippen MR) is 135 cm³/mol. The van der Waals surface area contributed by atoms with Gasteiger partial charge in [0.05, 0.1) is 7.11 Å². The number of piperidine rings is 1. The number of fused-ring (bicyclic) bond motifs is 4. The van der Waals surface area contributed by atoms with Crippen molar-refractivity contribution in [3.05, 3.63) is 101 Å². The van der Waals surface area contributed by atoms with E-state index in [2.05, 4.69) is 89.6 Å². The highest BCUT2D eigenvalue weighted by molar-refractivity contribution is 5.86.